The number of aryl methyl sites for hydroxylation is 1. The molecule has 1 aliphatic rings. The molecule has 0 saturated carbocycles. The number of nitrogens with one attached hydrogen (secondary N) is 2. The molecule has 6 rings (SSSR count). The summed E-state index contributed by atoms with van der Waals surface area (Å²) in [7, 11) is 0. The van der Waals surface area contributed by atoms with E-state index in [0.717, 1.165) is 38.2 Å². The van der Waals surface area contributed by atoms with Crippen molar-refractivity contribution in [1.29, 1.82) is 0 Å². The third-order valence-electron chi connectivity index (χ3n) is 7.17. The maximum absolute atomic E-state index is 13.8. The van der Waals surface area contributed by atoms with Crippen molar-refractivity contribution in [2.75, 3.05) is 0 Å². The van der Waals surface area contributed by atoms with Gasteiger partial charge in [0.25, 0.3) is 5.91 Å². The van der Waals surface area contributed by atoms with Gasteiger partial charge in [-0.2, -0.15) is 0 Å². The van der Waals surface area contributed by atoms with Gasteiger partial charge in [-0.05, 0) is 48.6 Å². The van der Waals surface area contributed by atoms with Crippen LogP contribution in [0, 0.1) is 6.92 Å². The number of fused-ring (bicyclic) bond motifs is 2. The zero-order chi connectivity index (χ0) is 25.5. The van der Waals surface area contributed by atoms with E-state index in [1.54, 1.807) is 16.2 Å². The van der Waals surface area contributed by atoms with Crippen molar-refractivity contribution in [2.24, 2.45) is 0 Å². The quantitative estimate of drug-likeness (QED) is 0.278. The second-order valence-corrected chi connectivity index (χ2v) is 10.5. The van der Waals surface area contributed by atoms with E-state index in [1.807, 2.05) is 60.8 Å². The second-order valence-electron chi connectivity index (χ2n) is 9.50. The highest BCUT2D eigenvalue weighted by Crippen LogP contribution is 2.46. The van der Waals surface area contributed by atoms with Crippen LogP contribution in [0.4, 0.5) is 0 Å². The Bertz CT molecular complexity index is 1600. The van der Waals surface area contributed by atoms with Gasteiger partial charge in [0.05, 0.1) is 18.3 Å². The van der Waals surface area contributed by atoms with Crippen molar-refractivity contribution in [2.45, 2.75) is 32.5 Å². The van der Waals surface area contributed by atoms with Crippen LogP contribution < -0.4 is 5.32 Å². The van der Waals surface area contributed by atoms with Crippen LogP contribution in [0.3, 0.4) is 0 Å². The van der Waals surface area contributed by atoms with E-state index in [1.165, 1.54) is 5.56 Å². The minimum atomic E-state index is -0.663. The molecule has 2 unspecified atom stereocenters. The van der Waals surface area contributed by atoms with Crippen molar-refractivity contribution in [1.82, 2.24) is 15.2 Å². The molecular weight excluding hydrogens is 478 g/mol. The van der Waals surface area contributed by atoms with E-state index in [9.17, 15) is 9.59 Å². The Morgan fingerprint density at radius 3 is 2.54 bits per heavy atom. The number of nitrogens with zero attached hydrogens (tertiary/aromatic N) is 1. The van der Waals surface area contributed by atoms with Gasteiger partial charge in [0.1, 0.15) is 6.04 Å². The molecule has 2 aromatic heterocycles. The Morgan fingerprint density at radius 2 is 1.76 bits per heavy atom. The number of carbonyl (C=O) groups is 2. The van der Waals surface area contributed by atoms with Gasteiger partial charge in [-0.25, -0.2) is 0 Å². The van der Waals surface area contributed by atoms with Crippen LogP contribution in [0.25, 0.3) is 22.2 Å². The number of aromatic amines is 1. The summed E-state index contributed by atoms with van der Waals surface area (Å²) in [6, 6.07) is 27.2. The number of rotatable bonds is 6. The van der Waals surface area contributed by atoms with Gasteiger partial charge in [-0.3, -0.25) is 9.59 Å². The lowest BCUT2D eigenvalue weighted by molar-refractivity contribution is -0.125. The molecular formula is C31H27N3O2S. The molecule has 5 nitrogen and oxygen atoms in total. The summed E-state index contributed by atoms with van der Waals surface area (Å²) in [4.78, 5) is 33.7. The zero-order valence-electron chi connectivity index (χ0n) is 20.7. The van der Waals surface area contributed by atoms with Crippen LogP contribution in [0.5, 0.6) is 0 Å². The molecule has 0 bridgehead atoms. The standard InChI is InChI=1S/C31H27N3O2S/c1-19-13-15-21(16-14-19)28-27(25-11-5-6-12-26(25)33-28)29-23-9-3-4-10-24(23)31(36)34(29)20(2)30(35)32-18-22-8-7-17-37-22/h3-17,20,29,33H,18H2,1-2H3,(H,32,35). The van der Waals surface area contributed by atoms with E-state index < -0.39 is 12.1 Å². The Balaban J connectivity index is 1.49. The molecule has 0 fully saturated rings. The monoisotopic (exact) mass is 505 g/mol. The average Bonchev–Trinajstić information content (AvgIpc) is 3.64. The molecule has 0 radical (unpaired) electrons. The molecule has 184 valence electrons. The summed E-state index contributed by atoms with van der Waals surface area (Å²) in [6.07, 6.45) is 0. The summed E-state index contributed by atoms with van der Waals surface area (Å²) in [5, 5.41) is 6.07. The van der Waals surface area contributed by atoms with Crippen LogP contribution >= 0.6 is 11.3 Å². The van der Waals surface area contributed by atoms with Crippen LogP contribution in [0.1, 0.15) is 44.9 Å². The molecule has 37 heavy (non-hydrogen) atoms. The highest BCUT2D eigenvalue weighted by Gasteiger charge is 2.44. The fourth-order valence-electron chi connectivity index (χ4n) is 5.29. The number of amides is 2. The van der Waals surface area contributed by atoms with Crippen molar-refractivity contribution in [3.05, 3.63) is 117 Å². The summed E-state index contributed by atoms with van der Waals surface area (Å²) in [5.41, 5.74) is 6.76. The van der Waals surface area contributed by atoms with E-state index in [-0.39, 0.29) is 11.8 Å². The van der Waals surface area contributed by atoms with Gasteiger partial charge < -0.3 is 15.2 Å². The molecule has 1 aliphatic heterocycles. The molecule has 0 spiro atoms. The van der Waals surface area contributed by atoms with Crippen molar-refractivity contribution in [3.8, 4) is 11.3 Å². The fourth-order valence-corrected chi connectivity index (χ4v) is 5.93. The minimum Gasteiger partial charge on any atom is -0.354 e. The number of hydrogen-bond donors (Lipinski definition) is 2. The molecule has 2 N–H and O–H groups in total. The smallest absolute Gasteiger partial charge is 0.255 e. The number of aromatic nitrogens is 1. The number of carbonyl (C=O) groups excluding carboxylic acids is 2. The summed E-state index contributed by atoms with van der Waals surface area (Å²) in [5.74, 6) is -0.296. The third kappa shape index (κ3) is 4.03. The second kappa shape index (κ2) is 9.37. The first-order valence-corrected chi connectivity index (χ1v) is 13.3. The SMILES string of the molecule is Cc1ccc(-c2[nH]c3ccccc3c2C2c3ccccc3C(=O)N2C(C)C(=O)NCc2cccs2)cc1. The molecule has 0 saturated heterocycles. The van der Waals surface area contributed by atoms with Crippen LogP contribution in [0.15, 0.2) is 90.3 Å². The predicted molar refractivity (Wildman–Crippen MR) is 149 cm³/mol. The first-order chi connectivity index (χ1) is 18.0. The Kier molecular flexibility index (Phi) is 5.89. The van der Waals surface area contributed by atoms with Crippen LogP contribution in [-0.2, 0) is 11.3 Å². The zero-order valence-corrected chi connectivity index (χ0v) is 21.5. The molecule has 0 aliphatic carbocycles. The van der Waals surface area contributed by atoms with Gasteiger partial charge in [0, 0.05) is 26.9 Å². The molecule has 6 heteroatoms. The van der Waals surface area contributed by atoms with E-state index in [2.05, 4.69) is 53.6 Å². The normalized spacial score (nSPS) is 15.7. The topological polar surface area (TPSA) is 65.2 Å². The Hall–Kier alpha value is -4.16. The molecule has 2 amide bonds. The van der Waals surface area contributed by atoms with Gasteiger partial charge in [-0.1, -0.05) is 72.3 Å². The number of hydrogen-bond acceptors (Lipinski definition) is 3. The summed E-state index contributed by atoms with van der Waals surface area (Å²) in [6.45, 7) is 4.34. The highest BCUT2D eigenvalue weighted by atomic mass is 32.1. The number of H-pyrrole nitrogens is 1. The van der Waals surface area contributed by atoms with Crippen molar-refractivity contribution < 1.29 is 9.59 Å². The van der Waals surface area contributed by atoms with Gasteiger partial charge in [0.15, 0.2) is 0 Å². The first-order valence-electron chi connectivity index (χ1n) is 12.4. The average molecular weight is 506 g/mol. The maximum Gasteiger partial charge on any atom is 0.255 e. The van der Waals surface area contributed by atoms with Gasteiger partial charge in [-0.15, -0.1) is 11.3 Å². The van der Waals surface area contributed by atoms with Crippen molar-refractivity contribution in [3.63, 3.8) is 0 Å². The number of thiophene rings is 1. The third-order valence-corrected chi connectivity index (χ3v) is 8.05. The van der Waals surface area contributed by atoms with Crippen LogP contribution in [0.2, 0.25) is 0 Å². The van der Waals surface area contributed by atoms with E-state index in [0.29, 0.717) is 12.1 Å². The maximum atomic E-state index is 13.8. The fraction of sp³-hybridized carbons (Fsp3) is 0.161. The summed E-state index contributed by atoms with van der Waals surface area (Å²) >= 11 is 1.60. The largest absolute Gasteiger partial charge is 0.354 e. The summed E-state index contributed by atoms with van der Waals surface area (Å²) < 4.78 is 0. The lowest BCUT2D eigenvalue weighted by atomic mass is 9.92. The molecule has 3 aromatic carbocycles. The van der Waals surface area contributed by atoms with Crippen molar-refractivity contribution >= 4 is 34.1 Å². The minimum absolute atomic E-state index is 0.125. The highest BCUT2D eigenvalue weighted by molar-refractivity contribution is 7.09. The predicted octanol–water partition coefficient (Wildman–Crippen LogP) is 6.45. The molecule has 5 aromatic rings. The Labute approximate surface area is 219 Å². The lowest BCUT2D eigenvalue weighted by Gasteiger charge is -2.31. The molecule has 3 heterocycles. The number of para-hydroxylation sites is 1. The molecule has 2 atom stereocenters. The number of benzene rings is 3. The van der Waals surface area contributed by atoms with Gasteiger partial charge >= 0.3 is 0 Å². The lowest BCUT2D eigenvalue weighted by Crippen LogP contribution is -2.46. The van der Waals surface area contributed by atoms with E-state index in [4.69, 9.17) is 0 Å². The van der Waals surface area contributed by atoms with Gasteiger partial charge in [0.2, 0.25) is 5.91 Å². The van der Waals surface area contributed by atoms with E-state index >= 15 is 0 Å². The first kappa shape index (κ1) is 23.3. The van der Waals surface area contributed by atoms with Crippen LogP contribution in [-0.4, -0.2) is 27.7 Å². The Morgan fingerprint density at radius 1 is 1.00 bits per heavy atom.